The second-order valence-electron chi connectivity index (χ2n) is 10.6. The first-order valence-electron chi connectivity index (χ1n) is 13.6. The van der Waals surface area contributed by atoms with Gasteiger partial charge in [0.25, 0.3) is 5.91 Å². The Morgan fingerprint density at radius 3 is 2.34 bits per heavy atom. The lowest BCUT2D eigenvalue weighted by atomic mass is 10.0. The van der Waals surface area contributed by atoms with E-state index in [1.54, 1.807) is 11.0 Å². The van der Waals surface area contributed by atoms with Crippen molar-refractivity contribution in [3.63, 3.8) is 0 Å². The number of hydrogen-bond acceptors (Lipinski definition) is 5. The summed E-state index contributed by atoms with van der Waals surface area (Å²) in [6, 6.07) is 14.5. The van der Waals surface area contributed by atoms with Crippen LogP contribution in [0, 0.1) is 17.7 Å². The van der Waals surface area contributed by atoms with Gasteiger partial charge in [-0.25, -0.2) is 4.39 Å². The van der Waals surface area contributed by atoms with E-state index in [0.29, 0.717) is 31.3 Å². The number of carbonyl (C=O) groups is 2. The topological polar surface area (TPSA) is 65.1 Å². The van der Waals surface area contributed by atoms with Crippen LogP contribution in [0.2, 0.25) is 5.02 Å². The van der Waals surface area contributed by atoms with Gasteiger partial charge >= 0.3 is 0 Å². The monoisotopic (exact) mass is 542 g/mol. The van der Waals surface area contributed by atoms with Crippen LogP contribution in [-0.2, 0) is 9.53 Å². The molecule has 38 heavy (non-hydrogen) atoms. The second-order valence-corrected chi connectivity index (χ2v) is 11.0. The van der Waals surface area contributed by atoms with E-state index in [2.05, 4.69) is 27.2 Å². The van der Waals surface area contributed by atoms with Gasteiger partial charge in [-0.2, -0.15) is 0 Å². The highest BCUT2D eigenvalue weighted by atomic mass is 35.5. The van der Waals surface area contributed by atoms with Crippen molar-refractivity contribution < 1.29 is 18.7 Å². The fourth-order valence-electron chi connectivity index (χ4n) is 5.97. The molecule has 2 aromatic rings. The van der Waals surface area contributed by atoms with Crippen LogP contribution >= 0.6 is 11.6 Å². The van der Waals surface area contributed by atoms with Crippen LogP contribution in [0.25, 0.3) is 0 Å². The molecule has 3 saturated heterocycles. The molecule has 1 N–H and O–H groups in total. The first-order chi connectivity index (χ1) is 18.5. The van der Waals surface area contributed by atoms with Crippen molar-refractivity contribution >= 4 is 23.4 Å². The Labute approximate surface area is 228 Å². The predicted molar refractivity (Wildman–Crippen MR) is 145 cm³/mol. The molecule has 3 atom stereocenters. The van der Waals surface area contributed by atoms with Gasteiger partial charge in [-0.1, -0.05) is 48.0 Å². The largest absolute Gasteiger partial charge is 0.379 e. The fourth-order valence-corrected chi connectivity index (χ4v) is 6.21. The summed E-state index contributed by atoms with van der Waals surface area (Å²) in [6.45, 7) is 7.85. The molecule has 5 rings (SSSR count). The van der Waals surface area contributed by atoms with Gasteiger partial charge in [0, 0.05) is 58.8 Å². The van der Waals surface area contributed by atoms with Crippen molar-refractivity contribution in [2.24, 2.45) is 11.8 Å². The number of nitrogens with zero attached hydrogens (tertiary/aromatic N) is 3. The molecule has 2 amide bonds. The number of carbonyl (C=O) groups excluding carboxylic acids is 2. The second kappa shape index (κ2) is 12.6. The number of likely N-dealkylation sites (tertiary alicyclic amines) is 2. The third-order valence-electron chi connectivity index (χ3n) is 8.06. The third-order valence-corrected chi connectivity index (χ3v) is 8.37. The standard InChI is InChI=1S/C29H36ClFN4O3/c30-24-7-4-8-25(31)28(24)29(37)35-19-22-17-34(18-23(22)20-35)11-9-26(21-5-2-1-3-6-21)32-27(36)10-12-33-13-15-38-16-14-33/h1-8,22-23,26H,9-20H2,(H,32,36). The predicted octanol–water partition coefficient (Wildman–Crippen LogP) is 3.45. The lowest BCUT2D eigenvalue weighted by Gasteiger charge is -2.27. The smallest absolute Gasteiger partial charge is 0.258 e. The van der Waals surface area contributed by atoms with Crippen LogP contribution < -0.4 is 5.32 Å². The third kappa shape index (κ3) is 6.54. The molecule has 0 radical (unpaired) electrons. The van der Waals surface area contributed by atoms with Crippen molar-refractivity contribution in [1.29, 1.82) is 0 Å². The van der Waals surface area contributed by atoms with Crippen molar-refractivity contribution in [2.45, 2.75) is 18.9 Å². The Balaban J connectivity index is 1.13. The highest BCUT2D eigenvalue weighted by Gasteiger charge is 2.42. The molecule has 3 aliphatic rings. The molecule has 204 valence electrons. The van der Waals surface area contributed by atoms with Crippen molar-refractivity contribution in [3.05, 3.63) is 70.5 Å². The van der Waals surface area contributed by atoms with Gasteiger partial charge in [0.1, 0.15) is 5.82 Å². The normalized spacial score (nSPS) is 22.8. The average Bonchev–Trinajstić information content (AvgIpc) is 3.50. The van der Waals surface area contributed by atoms with E-state index in [9.17, 15) is 14.0 Å². The van der Waals surface area contributed by atoms with E-state index < -0.39 is 5.82 Å². The molecule has 3 fully saturated rings. The number of benzene rings is 2. The first kappa shape index (κ1) is 27.1. The number of morpholine rings is 1. The Hall–Kier alpha value is -2.52. The number of rotatable bonds is 9. The highest BCUT2D eigenvalue weighted by molar-refractivity contribution is 6.33. The lowest BCUT2D eigenvalue weighted by molar-refractivity contribution is -0.122. The van der Waals surface area contributed by atoms with Gasteiger partial charge in [-0.05, 0) is 36.0 Å². The van der Waals surface area contributed by atoms with Gasteiger partial charge in [-0.3, -0.25) is 14.5 Å². The molecule has 3 heterocycles. The minimum atomic E-state index is -0.569. The van der Waals surface area contributed by atoms with Gasteiger partial charge in [0.2, 0.25) is 5.91 Å². The van der Waals surface area contributed by atoms with Gasteiger partial charge < -0.3 is 19.9 Å². The molecule has 7 nitrogen and oxygen atoms in total. The van der Waals surface area contributed by atoms with Gasteiger partial charge in [0.05, 0.1) is 29.8 Å². The molecule has 3 aliphatic heterocycles. The maximum absolute atomic E-state index is 14.3. The molecule has 2 aromatic carbocycles. The summed E-state index contributed by atoms with van der Waals surface area (Å²) >= 11 is 6.13. The Bertz CT molecular complexity index is 1080. The molecular weight excluding hydrogens is 507 g/mol. The number of hydrogen-bond donors (Lipinski definition) is 1. The number of fused-ring (bicyclic) bond motifs is 1. The van der Waals surface area contributed by atoms with Crippen LogP contribution in [0.1, 0.15) is 34.8 Å². The highest BCUT2D eigenvalue weighted by Crippen LogP contribution is 2.33. The zero-order valence-electron chi connectivity index (χ0n) is 21.7. The van der Waals surface area contributed by atoms with Crippen LogP contribution in [0.5, 0.6) is 0 Å². The number of nitrogens with one attached hydrogen (secondary N) is 1. The molecule has 0 bridgehead atoms. The van der Waals surface area contributed by atoms with E-state index >= 15 is 0 Å². The van der Waals surface area contributed by atoms with Crippen molar-refractivity contribution in [1.82, 2.24) is 20.0 Å². The number of halogens is 2. The fraction of sp³-hybridized carbons (Fsp3) is 0.517. The minimum absolute atomic E-state index is 0.0268. The van der Waals surface area contributed by atoms with Crippen LogP contribution in [0.3, 0.4) is 0 Å². The Morgan fingerprint density at radius 1 is 0.947 bits per heavy atom. The van der Waals surface area contributed by atoms with Crippen molar-refractivity contribution in [3.8, 4) is 0 Å². The van der Waals surface area contributed by atoms with E-state index in [4.69, 9.17) is 16.3 Å². The summed E-state index contributed by atoms with van der Waals surface area (Å²) < 4.78 is 19.7. The Morgan fingerprint density at radius 2 is 1.66 bits per heavy atom. The quantitative estimate of drug-likeness (QED) is 0.526. The first-order valence-corrected chi connectivity index (χ1v) is 14.0. The zero-order chi connectivity index (χ0) is 26.5. The lowest BCUT2D eigenvalue weighted by Crippen LogP contribution is -2.39. The maximum Gasteiger partial charge on any atom is 0.258 e. The summed E-state index contributed by atoms with van der Waals surface area (Å²) in [5.41, 5.74) is 1.09. The van der Waals surface area contributed by atoms with Gasteiger partial charge in [-0.15, -0.1) is 0 Å². The summed E-state index contributed by atoms with van der Waals surface area (Å²) in [5, 5.41) is 3.43. The van der Waals surface area contributed by atoms with Gasteiger partial charge in [0.15, 0.2) is 0 Å². The summed E-state index contributed by atoms with van der Waals surface area (Å²) in [7, 11) is 0. The summed E-state index contributed by atoms with van der Waals surface area (Å²) in [4.78, 5) is 32.3. The van der Waals surface area contributed by atoms with E-state index in [1.807, 2.05) is 18.2 Å². The minimum Gasteiger partial charge on any atom is -0.379 e. The SMILES string of the molecule is O=C(CCN1CCOCC1)NC(CCN1CC2CN(C(=O)c3c(F)cccc3Cl)CC2C1)c1ccccc1. The molecule has 0 aliphatic carbocycles. The molecule has 0 aromatic heterocycles. The van der Waals surface area contributed by atoms with Crippen LogP contribution in [0.4, 0.5) is 4.39 Å². The molecule has 9 heteroatoms. The van der Waals surface area contributed by atoms with Crippen molar-refractivity contribution in [2.75, 3.05) is 65.6 Å². The van der Waals surface area contributed by atoms with E-state index in [-0.39, 0.29) is 28.4 Å². The molecule has 0 saturated carbocycles. The molecule has 3 unspecified atom stereocenters. The maximum atomic E-state index is 14.3. The van der Waals surface area contributed by atoms with E-state index in [0.717, 1.165) is 64.5 Å². The molecule has 0 spiro atoms. The number of amides is 2. The van der Waals surface area contributed by atoms with Crippen LogP contribution in [-0.4, -0.2) is 92.1 Å². The zero-order valence-corrected chi connectivity index (χ0v) is 22.4. The molecular formula is C29H36ClFN4O3. The van der Waals surface area contributed by atoms with Crippen LogP contribution in [0.15, 0.2) is 48.5 Å². The summed E-state index contributed by atoms with van der Waals surface area (Å²) in [6.07, 6.45) is 1.30. The van der Waals surface area contributed by atoms with E-state index in [1.165, 1.54) is 12.1 Å². The summed E-state index contributed by atoms with van der Waals surface area (Å²) in [5.74, 6) is -0.0895. The number of ether oxygens (including phenoxy) is 1. The average molecular weight is 543 g/mol. The Kier molecular flexibility index (Phi) is 8.94.